The van der Waals surface area contributed by atoms with E-state index in [-0.39, 0.29) is 12.2 Å². The normalized spacial score (nSPS) is 10.1. The molecular weight excluding hydrogens is 362 g/mol. The standard InChI is InChI=1S/C18H18F2N2O5/c1-25-11-4-5-16(26-2)10(6-11)9-21-18(24)22-15-7-12(17(23)27-3)13(19)8-14(15)20/h4-8H,9H2,1-3H3,(H2,21,22,24). The molecule has 2 aromatic rings. The minimum absolute atomic E-state index is 0.0544. The summed E-state index contributed by atoms with van der Waals surface area (Å²) in [6.45, 7) is 0.0544. The Morgan fingerprint density at radius 3 is 2.37 bits per heavy atom. The SMILES string of the molecule is COC(=O)c1cc(NC(=O)NCc2cc(OC)ccc2OC)c(F)cc1F. The number of hydrogen-bond acceptors (Lipinski definition) is 5. The van der Waals surface area contributed by atoms with Gasteiger partial charge in [0.25, 0.3) is 0 Å². The first-order valence-electron chi connectivity index (χ1n) is 7.72. The third-order valence-electron chi connectivity index (χ3n) is 3.64. The van der Waals surface area contributed by atoms with E-state index in [0.29, 0.717) is 23.1 Å². The lowest BCUT2D eigenvalue weighted by Crippen LogP contribution is -2.29. The molecule has 0 fully saturated rings. The van der Waals surface area contributed by atoms with Gasteiger partial charge >= 0.3 is 12.0 Å². The lowest BCUT2D eigenvalue weighted by molar-refractivity contribution is 0.0595. The highest BCUT2D eigenvalue weighted by Crippen LogP contribution is 2.24. The summed E-state index contributed by atoms with van der Waals surface area (Å²) < 4.78 is 42.2. The summed E-state index contributed by atoms with van der Waals surface area (Å²) in [5.41, 5.74) is -0.239. The van der Waals surface area contributed by atoms with Gasteiger partial charge in [0.1, 0.15) is 23.1 Å². The molecule has 0 aliphatic rings. The van der Waals surface area contributed by atoms with E-state index in [4.69, 9.17) is 9.47 Å². The first-order chi connectivity index (χ1) is 12.9. The zero-order valence-corrected chi connectivity index (χ0v) is 14.9. The summed E-state index contributed by atoms with van der Waals surface area (Å²) in [6.07, 6.45) is 0. The van der Waals surface area contributed by atoms with Crippen LogP contribution in [0.2, 0.25) is 0 Å². The molecule has 0 aliphatic heterocycles. The molecule has 2 aromatic carbocycles. The van der Waals surface area contributed by atoms with Crippen LogP contribution in [0.5, 0.6) is 11.5 Å². The monoisotopic (exact) mass is 380 g/mol. The molecule has 0 atom stereocenters. The highest BCUT2D eigenvalue weighted by molar-refractivity contribution is 5.94. The summed E-state index contributed by atoms with van der Waals surface area (Å²) in [7, 11) is 4.04. The van der Waals surface area contributed by atoms with E-state index in [2.05, 4.69) is 15.4 Å². The van der Waals surface area contributed by atoms with Gasteiger partial charge in [0.15, 0.2) is 0 Å². The smallest absolute Gasteiger partial charge is 0.340 e. The number of benzene rings is 2. The van der Waals surface area contributed by atoms with Gasteiger partial charge in [-0.2, -0.15) is 0 Å². The number of methoxy groups -OCH3 is 3. The molecule has 2 rings (SSSR count). The number of carbonyl (C=O) groups is 2. The van der Waals surface area contributed by atoms with Crippen LogP contribution in [0.15, 0.2) is 30.3 Å². The summed E-state index contributed by atoms with van der Waals surface area (Å²) in [5.74, 6) is -2.02. The van der Waals surface area contributed by atoms with Crippen LogP contribution in [0.1, 0.15) is 15.9 Å². The molecule has 0 heterocycles. The number of carbonyl (C=O) groups excluding carboxylic acids is 2. The Bertz CT molecular complexity index is 858. The summed E-state index contributed by atoms with van der Waals surface area (Å²) in [5, 5.41) is 4.74. The maximum Gasteiger partial charge on any atom is 0.340 e. The molecule has 0 spiro atoms. The van der Waals surface area contributed by atoms with Crippen LogP contribution < -0.4 is 20.1 Å². The van der Waals surface area contributed by atoms with Crippen LogP contribution in [0, 0.1) is 11.6 Å². The van der Waals surface area contributed by atoms with Crippen LogP contribution in [-0.2, 0) is 11.3 Å². The Balaban J connectivity index is 2.11. The van der Waals surface area contributed by atoms with E-state index >= 15 is 0 Å². The van der Waals surface area contributed by atoms with Gasteiger partial charge in [-0.3, -0.25) is 0 Å². The second-order valence-electron chi connectivity index (χ2n) is 5.29. The van der Waals surface area contributed by atoms with Crippen molar-refractivity contribution in [1.82, 2.24) is 5.32 Å². The minimum atomic E-state index is -1.09. The molecule has 7 nitrogen and oxygen atoms in total. The Hall–Kier alpha value is -3.36. The van der Waals surface area contributed by atoms with Crippen molar-refractivity contribution in [3.05, 3.63) is 53.1 Å². The van der Waals surface area contributed by atoms with E-state index in [1.54, 1.807) is 18.2 Å². The lowest BCUT2D eigenvalue weighted by Gasteiger charge is -2.13. The second-order valence-corrected chi connectivity index (χ2v) is 5.29. The number of hydrogen-bond donors (Lipinski definition) is 2. The zero-order valence-electron chi connectivity index (χ0n) is 14.9. The largest absolute Gasteiger partial charge is 0.497 e. The zero-order chi connectivity index (χ0) is 20.0. The predicted octanol–water partition coefficient (Wildman–Crippen LogP) is 3.09. The fourth-order valence-electron chi connectivity index (χ4n) is 2.27. The Morgan fingerprint density at radius 1 is 1.00 bits per heavy atom. The number of ether oxygens (including phenoxy) is 3. The molecular formula is C18H18F2N2O5. The molecule has 2 N–H and O–H groups in total. The van der Waals surface area contributed by atoms with Crippen LogP contribution in [0.25, 0.3) is 0 Å². The molecule has 0 aromatic heterocycles. The highest BCUT2D eigenvalue weighted by Gasteiger charge is 2.18. The molecule has 0 bridgehead atoms. The first-order valence-corrected chi connectivity index (χ1v) is 7.72. The number of amides is 2. The van der Waals surface area contributed by atoms with E-state index in [1.165, 1.54) is 14.2 Å². The number of esters is 1. The molecule has 0 saturated heterocycles. The maximum atomic E-state index is 13.9. The number of rotatable bonds is 6. The van der Waals surface area contributed by atoms with Crippen molar-refractivity contribution < 1.29 is 32.6 Å². The molecule has 0 saturated carbocycles. The minimum Gasteiger partial charge on any atom is -0.497 e. The Morgan fingerprint density at radius 2 is 1.74 bits per heavy atom. The maximum absolute atomic E-state index is 13.9. The molecule has 0 radical (unpaired) electrons. The van der Waals surface area contributed by atoms with Crippen molar-refractivity contribution in [2.24, 2.45) is 0 Å². The number of nitrogens with one attached hydrogen (secondary N) is 2. The van der Waals surface area contributed by atoms with Crippen molar-refractivity contribution in [3.8, 4) is 11.5 Å². The average Bonchev–Trinajstić information content (AvgIpc) is 2.67. The number of halogens is 2. The van der Waals surface area contributed by atoms with E-state index in [1.807, 2.05) is 0 Å². The van der Waals surface area contributed by atoms with Crippen LogP contribution >= 0.6 is 0 Å². The van der Waals surface area contributed by atoms with Gasteiger partial charge < -0.3 is 24.8 Å². The quantitative estimate of drug-likeness (QED) is 0.753. The van der Waals surface area contributed by atoms with Crippen molar-refractivity contribution in [1.29, 1.82) is 0 Å². The summed E-state index contributed by atoms with van der Waals surface area (Å²) >= 11 is 0. The van der Waals surface area contributed by atoms with Gasteiger partial charge in [0.2, 0.25) is 0 Å². The van der Waals surface area contributed by atoms with Gasteiger partial charge in [0, 0.05) is 18.2 Å². The third kappa shape index (κ3) is 4.84. The van der Waals surface area contributed by atoms with E-state index in [0.717, 1.165) is 13.2 Å². The fraction of sp³-hybridized carbons (Fsp3) is 0.222. The molecule has 144 valence electrons. The van der Waals surface area contributed by atoms with Crippen LogP contribution in [0.3, 0.4) is 0 Å². The van der Waals surface area contributed by atoms with Gasteiger partial charge in [-0.1, -0.05) is 0 Å². The predicted molar refractivity (Wildman–Crippen MR) is 93.1 cm³/mol. The molecule has 27 heavy (non-hydrogen) atoms. The average molecular weight is 380 g/mol. The molecule has 0 unspecified atom stereocenters. The van der Waals surface area contributed by atoms with Gasteiger partial charge in [-0.05, 0) is 24.3 Å². The van der Waals surface area contributed by atoms with Crippen LogP contribution in [-0.4, -0.2) is 33.3 Å². The summed E-state index contributed by atoms with van der Waals surface area (Å²) in [4.78, 5) is 23.5. The van der Waals surface area contributed by atoms with E-state index in [9.17, 15) is 18.4 Å². The van der Waals surface area contributed by atoms with Gasteiger partial charge in [0.05, 0.1) is 32.6 Å². The Kier molecular flexibility index (Phi) is 6.53. The van der Waals surface area contributed by atoms with Gasteiger partial charge in [-0.25, -0.2) is 18.4 Å². The number of anilines is 1. The number of urea groups is 1. The first kappa shape index (κ1) is 20.0. The van der Waals surface area contributed by atoms with Crippen molar-refractivity contribution >= 4 is 17.7 Å². The van der Waals surface area contributed by atoms with Crippen molar-refractivity contribution in [2.75, 3.05) is 26.6 Å². The Labute approximate surface area is 154 Å². The van der Waals surface area contributed by atoms with Crippen LogP contribution in [0.4, 0.5) is 19.3 Å². The van der Waals surface area contributed by atoms with Crippen molar-refractivity contribution in [2.45, 2.75) is 6.54 Å². The van der Waals surface area contributed by atoms with Crippen molar-refractivity contribution in [3.63, 3.8) is 0 Å². The summed E-state index contributed by atoms with van der Waals surface area (Å²) in [6, 6.07) is 5.64. The van der Waals surface area contributed by atoms with E-state index < -0.39 is 29.2 Å². The lowest BCUT2D eigenvalue weighted by atomic mass is 10.1. The second kappa shape index (κ2) is 8.84. The highest BCUT2D eigenvalue weighted by atomic mass is 19.1. The topological polar surface area (TPSA) is 85.9 Å². The third-order valence-corrected chi connectivity index (χ3v) is 3.64. The molecule has 9 heteroatoms. The molecule has 2 amide bonds. The fourth-order valence-corrected chi connectivity index (χ4v) is 2.27. The van der Waals surface area contributed by atoms with Gasteiger partial charge in [-0.15, -0.1) is 0 Å². The molecule has 0 aliphatic carbocycles.